The summed E-state index contributed by atoms with van der Waals surface area (Å²) >= 11 is 0. The van der Waals surface area contributed by atoms with Crippen LogP contribution in [0.4, 0.5) is 0 Å². The lowest BCUT2D eigenvalue weighted by Crippen LogP contribution is -2.51. The second kappa shape index (κ2) is 7.33. The third-order valence-corrected chi connectivity index (χ3v) is 3.56. The van der Waals surface area contributed by atoms with E-state index in [1.54, 1.807) is 0 Å². The second-order valence-corrected chi connectivity index (χ2v) is 4.85. The molecule has 0 radical (unpaired) electrons. The third-order valence-electron chi connectivity index (χ3n) is 3.56. The molecule has 1 unspecified atom stereocenters. The largest absolute Gasteiger partial charge is 0.356 e. The average molecular weight is 256 g/mol. The van der Waals surface area contributed by atoms with E-state index in [9.17, 15) is 9.59 Å². The van der Waals surface area contributed by atoms with Crippen molar-refractivity contribution in [3.63, 3.8) is 0 Å². The molecule has 18 heavy (non-hydrogen) atoms. The molecule has 104 valence electrons. The molecule has 0 aliphatic carbocycles. The summed E-state index contributed by atoms with van der Waals surface area (Å²) in [6.45, 7) is 6.03. The molecule has 0 spiro atoms. The van der Waals surface area contributed by atoms with Gasteiger partial charge in [0.05, 0.1) is 6.04 Å². The summed E-state index contributed by atoms with van der Waals surface area (Å²) in [6, 6.07) is -0.128. The van der Waals surface area contributed by atoms with Crippen molar-refractivity contribution in [3.05, 3.63) is 0 Å². The van der Waals surface area contributed by atoms with E-state index in [-0.39, 0.29) is 17.9 Å². The highest BCUT2D eigenvalue weighted by Gasteiger charge is 2.28. The van der Waals surface area contributed by atoms with Crippen molar-refractivity contribution >= 4 is 11.8 Å². The van der Waals surface area contributed by atoms with Gasteiger partial charge in [0.25, 0.3) is 5.91 Å². The Morgan fingerprint density at radius 3 is 2.44 bits per heavy atom. The Balaban J connectivity index is 2.37. The number of amides is 2. The minimum absolute atomic E-state index is 0.0198. The van der Waals surface area contributed by atoms with Crippen LogP contribution < -0.4 is 16.6 Å². The number of carbonyl (C=O) groups excluding carboxylic acids is 2. The number of carbonyl (C=O) groups is 2. The monoisotopic (exact) mass is 256 g/mol. The SMILES string of the molecule is CCC(C(=O)NN)N1CCC(CNC(C)=O)CC1. The van der Waals surface area contributed by atoms with E-state index in [2.05, 4.69) is 15.6 Å². The number of nitrogens with two attached hydrogens (primary N) is 1. The standard InChI is InChI=1S/C12H24N4O2/c1-3-11(12(18)15-13)16-6-4-10(5-7-16)8-14-9(2)17/h10-11H,3-8,13H2,1-2H3,(H,14,17)(H,15,18). The number of hydrogen-bond donors (Lipinski definition) is 3. The van der Waals surface area contributed by atoms with Crippen LogP contribution in [0.25, 0.3) is 0 Å². The van der Waals surface area contributed by atoms with E-state index >= 15 is 0 Å². The van der Waals surface area contributed by atoms with E-state index < -0.39 is 0 Å². The van der Waals surface area contributed by atoms with Gasteiger partial charge < -0.3 is 5.32 Å². The zero-order valence-electron chi connectivity index (χ0n) is 11.2. The Bertz CT molecular complexity index is 288. The number of piperidine rings is 1. The van der Waals surface area contributed by atoms with E-state index in [4.69, 9.17) is 5.84 Å². The maximum atomic E-state index is 11.6. The molecule has 1 saturated heterocycles. The first kappa shape index (κ1) is 14.9. The van der Waals surface area contributed by atoms with Gasteiger partial charge in [0.1, 0.15) is 0 Å². The minimum Gasteiger partial charge on any atom is -0.356 e. The van der Waals surface area contributed by atoms with E-state index in [1.807, 2.05) is 6.92 Å². The Morgan fingerprint density at radius 2 is 2.00 bits per heavy atom. The maximum absolute atomic E-state index is 11.6. The minimum atomic E-state index is -0.128. The first-order valence-corrected chi connectivity index (χ1v) is 6.57. The Morgan fingerprint density at radius 1 is 1.39 bits per heavy atom. The predicted molar refractivity (Wildman–Crippen MR) is 69.4 cm³/mol. The summed E-state index contributed by atoms with van der Waals surface area (Å²) < 4.78 is 0. The maximum Gasteiger partial charge on any atom is 0.251 e. The van der Waals surface area contributed by atoms with Gasteiger partial charge in [-0.2, -0.15) is 0 Å². The molecule has 1 heterocycles. The predicted octanol–water partition coefficient (Wildman–Crippen LogP) is -0.397. The van der Waals surface area contributed by atoms with Crippen LogP contribution >= 0.6 is 0 Å². The molecule has 1 rings (SSSR count). The molecule has 1 fully saturated rings. The number of hydrogen-bond acceptors (Lipinski definition) is 4. The van der Waals surface area contributed by atoms with Gasteiger partial charge in [-0.15, -0.1) is 0 Å². The number of rotatable bonds is 5. The molecule has 2 amide bonds. The van der Waals surface area contributed by atoms with Gasteiger partial charge in [-0.1, -0.05) is 6.92 Å². The Kier molecular flexibility index (Phi) is 6.07. The van der Waals surface area contributed by atoms with Gasteiger partial charge in [-0.25, -0.2) is 5.84 Å². The van der Waals surface area contributed by atoms with Crippen LogP contribution in [-0.2, 0) is 9.59 Å². The second-order valence-electron chi connectivity index (χ2n) is 4.85. The van der Waals surface area contributed by atoms with Crippen molar-refractivity contribution in [2.24, 2.45) is 11.8 Å². The van der Waals surface area contributed by atoms with Crippen molar-refractivity contribution in [1.29, 1.82) is 0 Å². The van der Waals surface area contributed by atoms with Crippen molar-refractivity contribution in [3.8, 4) is 0 Å². The summed E-state index contributed by atoms with van der Waals surface area (Å²) in [7, 11) is 0. The molecule has 0 aromatic heterocycles. The first-order chi connectivity index (χ1) is 8.58. The zero-order valence-corrected chi connectivity index (χ0v) is 11.2. The molecule has 0 aromatic rings. The fourth-order valence-electron chi connectivity index (χ4n) is 2.46. The van der Waals surface area contributed by atoms with Crippen molar-refractivity contribution in [2.75, 3.05) is 19.6 Å². The average Bonchev–Trinajstić information content (AvgIpc) is 2.38. The molecular weight excluding hydrogens is 232 g/mol. The van der Waals surface area contributed by atoms with Gasteiger partial charge in [0.15, 0.2) is 0 Å². The molecule has 1 aliphatic heterocycles. The highest BCUT2D eigenvalue weighted by Crippen LogP contribution is 2.19. The van der Waals surface area contributed by atoms with Crippen LogP contribution in [0.5, 0.6) is 0 Å². The van der Waals surface area contributed by atoms with Gasteiger partial charge in [0.2, 0.25) is 5.91 Å². The first-order valence-electron chi connectivity index (χ1n) is 6.57. The van der Waals surface area contributed by atoms with Gasteiger partial charge in [-0.3, -0.25) is 19.9 Å². The molecule has 4 N–H and O–H groups in total. The molecule has 0 bridgehead atoms. The normalized spacial score (nSPS) is 19.3. The summed E-state index contributed by atoms with van der Waals surface area (Å²) in [5, 5.41) is 2.85. The van der Waals surface area contributed by atoms with Crippen molar-refractivity contribution in [2.45, 2.75) is 39.2 Å². The Labute approximate surface area is 108 Å². The lowest BCUT2D eigenvalue weighted by atomic mass is 9.95. The number of nitrogens with one attached hydrogen (secondary N) is 2. The fourth-order valence-corrected chi connectivity index (χ4v) is 2.46. The van der Waals surface area contributed by atoms with Crippen LogP contribution in [0.1, 0.15) is 33.1 Å². The molecule has 6 heteroatoms. The third kappa shape index (κ3) is 4.27. The summed E-state index contributed by atoms with van der Waals surface area (Å²) in [6.07, 6.45) is 2.78. The van der Waals surface area contributed by atoms with Gasteiger partial charge in [-0.05, 0) is 38.3 Å². The van der Waals surface area contributed by atoms with E-state index in [0.29, 0.717) is 5.92 Å². The van der Waals surface area contributed by atoms with Crippen LogP contribution in [0.15, 0.2) is 0 Å². The quantitative estimate of drug-likeness (QED) is 0.355. The molecule has 0 aromatic carbocycles. The topological polar surface area (TPSA) is 87.5 Å². The Hall–Kier alpha value is -1.14. The van der Waals surface area contributed by atoms with Crippen LogP contribution in [0, 0.1) is 5.92 Å². The van der Waals surface area contributed by atoms with Gasteiger partial charge in [0, 0.05) is 13.5 Å². The smallest absolute Gasteiger partial charge is 0.251 e. The molecule has 1 aliphatic rings. The van der Waals surface area contributed by atoms with E-state index in [0.717, 1.165) is 38.9 Å². The number of hydrazine groups is 1. The van der Waals surface area contributed by atoms with Crippen molar-refractivity contribution in [1.82, 2.24) is 15.6 Å². The zero-order chi connectivity index (χ0) is 13.5. The highest BCUT2D eigenvalue weighted by atomic mass is 16.2. The lowest BCUT2D eigenvalue weighted by molar-refractivity contribution is -0.127. The summed E-state index contributed by atoms with van der Waals surface area (Å²) in [5.74, 6) is 5.61. The molecular formula is C12H24N4O2. The number of nitrogens with zero attached hydrogens (tertiary/aromatic N) is 1. The number of likely N-dealkylation sites (tertiary alicyclic amines) is 1. The van der Waals surface area contributed by atoms with E-state index in [1.165, 1.54) is 6.92 Å². The van der Waals surface area contributed by atoms with Crippen molar-refractivity contribution < 1.29 is 9.59 Å². The van der Waals surface area contributed by atoms with Crippen LogP contribution in [-0.4, -0.2) is 42.4 Å². The summed E-state index contributed by atoms with van der Waals surface area (Å²) in [4.78, 5) is 24.6. The van der Waals surface area contributed by atoms with Gasteiger partial charge >= 0.3 is 0 Å². The molecule has 0 saturated carbocycles. The lowest BCUT2D eigenvalue weighted by Gasteiger charge is -2.36. The molecule has 6 nitrogen and oxygen atoms in total. The fraction of sp³-hybridized carbons (Fsp3) is 0.833. The molecule has 1 atom stereocenters. The van der Waals surface area contributed by atoms with Crippen LogP contribution in [0.3, 0.4) is 0 Å². The van der Waals surface area contributed by atoms with Crippen LogP contribution in [0.2, 0.25) is 0 Å². The highest BCUT2D eigenvalue weighted by molar-refractivity contribution is 5.81. The summed E-state index contributed by atoms with van der Waals surface area (Å²) in [5.41, 5.74) is 2.23.